The van der Waals surface area contributed by atoms with E-state index in [2.05, 4.69) is 23.0 Å². The van der Waals surface area contributed by atoms with Crippen molar-refractivity contribution in [2.45, 2.75) is 25.9 Å². The zero-order valence-corrected chi connectivity index (χ0v) is 23.8. The summed E-state index contributed by atoms with van der Waals surface area (Å²) in [5, 5.41) is 25.1. The van der Waals surface area contributed by atoms with E-state index < -0.39 is 5.97 Å². The van der Waals surface area contributed by atoms with Crippen molar-refractivity contribution >= 4 is 34.4 Å². The van der Waals surface area contributed by atoms with E-state index in [-0.39, 0.29) is 12.0 Å². The maximum Gasteiger partial charge on any atom is 0.309 e. The van der Waals surface area contributed by atoms with Gasteiger partial charge >= 0.3 is 5.97 Å². The minimum absolute atomic E-state index is 0.272. The van der Waals surface area contributed by atoms with Gasteiger partial charge in [-0.25, -0.2) is 10.4 Å². The highest BCUT2D eigenvalue weighted by molar-refractivity contribution is 6.36. The van der Waals surface area contributed by atoms with Crippen LogP contribution in [0.3, 0.4) is 0 Å². The van der Waals surface area contributed by atoms with E-state index in [1.807, 2.05) is 59.3 Å². The van der Waals surface area contributed by atoms with E-state index >= 15 is 0 Å². The van der Waals surface area contributed by atoms with E-state index in [0.29, 0.717) is 47.2 Å². The smallest absolute Gasteiger partial charge is 0.309 e. The molecule has 0 radical (unpaired) electrons. The lowest BCUT2D eigenvalue weighted by atomic mass is 9.96. The van der Waals surface area contributed by atoms with Crippen LogP contribution in [0, 0.1) is 24.2 Å². The second-order valence-electron chi connectivity index (χ2n) is 11.2. The Hall–Kier alpha value is -4.20. The topological polar surface area (TPSA) is 118 Å². The van der Waals surface area contributed by atoms with Crippen molar-refractivity contribution in [2.24, 2.45) is 5.92 Å². The van der Waals surface area contributed by atoms with Gasteiger partial charge in [0.05, 0.1) is 28.2 Å². The van der Waals surface area contributed by atoms with E-state index in [4.69, 9.17) is 21.0 Å². The summed E-state index contributed by atoms with van der Waals surface area (Å²) in [5.41, 5.74) is 11.8. The summed E-state index contributed by atoms with van der Waals surface area (Å²) in [6, 6.07) is 18.3. The number of nitrogens with one attached hydrogen (secondary N) is 2. The summed E-state index contributed by atoms with van der Waals surface area (Å²) in [6.07, 6.45) is 3.17. The van der Waals surface area contributed by atoms with Gasteiger partial charge in [-0.3, -0.25) is 14.7 Å². The Morgan fingerprint density at radius 1 is 1.19 bits per heavy atom. The lowest BCUT2D eigenvalue weighted by Gasteiger charge is -2.36. The lowest BCUT2D eigenvalue weighted by Crippen LogP contribution is -2.49. The molecular formula is C32H29ClN6O3. The number of carbonyl (C=O) groups is 1. The molecule has 0 saturated carbocycles. The number of rotatable bonds is 6. The molecule has 2 fully saturated rings. The summed E-state index contributed by atoms with van der Waals surface area (Å²) >= 11 is 7.06. The van der Waals surface area contributed by atoms with Gasteiger partial charge < -0.3 is 14.8 Å². The molecule has 9 nitrogen and oxygen atoms in total. The Bertz CT molecular complexity index is 1800. The number of hydrogen-bond donors (Lipinski definition) is 3. The van der Waals surface area contributed by atoms with E-state index in [1.54, 1.807) is 6.07 Å². The molecule has 2 saturated heterocycles. The van der Waals surface area contributed by atoms with Gasteiger partial charge in [0.1, 0.15) is 11.6 Å². The Labute approximate surface area is 248 Å². The molecular weight excluding hydrogens is 552 g/mol. The third kappa shape index (κ3) is 4.63. The molecule has 3 N–H and O–H groups in total. The molecule has 1 atom stereocenters. The zero-order chi connectivity index (χ0) is 29.0. The number of oxazole rings is 1. The number of aliphatic carboxylic acids is 1. The van der Waals surface area contributed by atoms with Crippen molar-refractivity contribution in [3.63, 3.8) is 0 Å². The summed E-state index contributed by atoms with van der Waals surface area (Å²) in [4.78, 5) is 18.0. The minimum atomic E-state index is -0.772. The Morgan fingerprint density at radius 2 is 1.98 bits per heavy atom. The van der Waals surface area contributed by atoms with Crippen molar-refractivity contribution in [3.8, 4) is 28.7 Å². The van der Waals surface area contributed by atoms with Crippen molar-refractivity contribution in [1.82, 2.24) is 20.6 Å². The first-order valence-electron chi connectivity index (χ1n) is 14.0. The van der Waals surface area contributed by atoms with Crippen molar-refractivity contribution in [2.75, 3.05) is 31.2 Å². The predicted molar refractivity (Wildman–Crippen MR) is 161 cm³/mol. The second kappa shape index (κ2) is 10.6. The highest BCUT2D eigenvalue weighted by Crippen LogP contribution is 2.41. The first kappa shape index (κ1) is 26.7. The first-order chi connectivity index (χ1) is 20.4. The van der Waals surface area contributed by atoms with E-state index in [0.717, 1.165) is 53.0 Å². The number of anilines is 1. The van der Waals surface area contributed by atoms with Gasteiger partial charge in [-0.05, 0) is 66.4 Å². The van der Waals surface area contributed by atoms with Crippen LogP contribution in [0.1, 0.15) is 23.1 Å². The van der Waals surface area contributed by atoms with Gasteiger partial charge in [0.15, 0.2) is 5.58 Å². The Kier molecular flexibility index (Phi) is 6.72. The Balaban J connectivity index is 1.21. The molecule has 1 aromatic heterocycles. The zero-order valence-electron chi connectivity index (χ0n) is 23.0. The quantitative estimate of drug-likeness (QED) is 0.287. The third-order valence-corrected chi connectivity index (χ3v) is 8.85. The second-order valence-corrected chi connectivity index (χ2v) is 11.6. The molecule has 10 heteroatoms. The largest absolute Gasteiger partial charge is 0.481 e. The summed E-state index contributed by atoms with van der Waals surface area (Å²) in [5.74, 6) is -0.674. The molecule has 3 aliphatic rings. The van der Waals surface area contributed by atoms with Crippen LogP contribution in [-0.2, 0) is 11.3 Å². The molecule has 0 bridgehead atoms. The standard InChI is InChI=1S/C32H29ClN6O3/c1-18-23(25-6-3-7-28(29(25)33)39-17-20-8-9-35-13-27(20)37-39)4-2-5-24(18)31-36-26-11-19(10-21(12-34)30(26)42-31)14-38-15-22(16-38)32(40)41/h2-7,10-11,17,22,27,35,37H,8-9,13-16H2,1H3,(H,40,41). The number of halogens is 1. The van der Waals surface area contributed by atoms with Crippen LogP contribution in [-0.4, -0.2) is 53.2 Å². The third-order valence-electron chi connectivity index (χ3n) is 8.45. The number of fused-ring (bicyclic) bond motifs is 2. The maximum absolute atomic E-state index is 11.2. The predicted octanol–water partition coefficient (Wildman–Crippen LogP) is 5.08. The fourth-order valence-electron chi connectivity index (χ4n) is 6.14. The van der Waals surface area contributed by atoms with Crippen LogP contribution in [0.5, 0.6) is 0 Å². The van der Waals surface area contributed by atoms with Crippen LogP contribution in [0.15, 0.2) is 64.7 Å². The SMILES string of the molecule is Cc1c(-c2nc3cc(CN4CC(C(=O)O)C4)cc(C#N)c3o2)cccc1-c1cccc(N2C=C3CCNCC3N2)c1Cl. The molecule has 4 heterocycles. The number of benzene rings is 3. The fraction of sp³-hybridized carbons (Fsp3) is 0.281. The number of carboxylic acid groups (broad SMARTS) is 1. The molecule has 7 rings (SSSR count). The van der Waals surface area contributed by atoms with Gasteiger partial charge in [0.2, 0.25) is 5.89 Å². The molecule has 1 unspecified atom stereocenters. The molecule has 212 valence electrons. The highest BCUT2D eigenvalue weighted by atomic mass is 35.5. The van der Waals surface area contributed by atoms with Crippen LogP contribution in [0.25, 0.3) is 33.7 Å². The van der Waals surface area contributed by atoms with Gasteiger partial charge in [-0.2, -0.15) is 5.26 Å². The van der Waals surface area contributed by atoms with Crippen LogP contribution < -0.4 is 15.8 Å². The van der Waals surface area contributed by atoms with Gasteiger partial charge in [0, 0.05) is 43.5 Å². The lowest BCUT2D eigenvalue weighted by molar-refractivity contribution is -0.147. The molecule has 3 aromatic carbocycles. The number of nitriles is 1. The van der Waals surface area contributed by atoms with Crippen LogP contribution >= 0.6 is 11.6 Å². The maximum atomic E-state index is 11.2. The molecule has 0 spiro atoms. The summed E-state index contributed by atoms with van der Waals surface area (Å²) in [6.45, 7) is 5.45. The fourth-order valence-corrected chi connectivity index (χ4v) is 6.46. The molecule has 0 aliphatic carbocycles. The van der Waals surface area contributed by atoms with Crippen LogP contribution in [0.4, 0.5) is 5.69 Å². The summed E-state index contributed by atoms with van der Waals surface area (Å²) < 4.78 is 6.20. The van der Waals surface area contributed by atoms with Gasteiger partial charge in [0.25, 0.3) is 0 Å². The van der Waals surface area contributed by atoms with Crippen molar-refractivity contribution in [1.29, 1.82) is 5.26 Å². The number of likely N-dealkylation sites (tertiary alicyclic amines) is 1. The highest BCUT2D eigenvalue weighted by Gasteiger charge is 2.32. The molecule has 42 heavy (non-hydrogen) atoms. The number of piperidine rings is 1. The average Bonchev–Trinajstić information content (AvgIpc) is 3.59. The first-order valence-corrected chi connectivity index (χ1v) is 14.4. The number of aromatic nitrogens is 1. The molecule has 0 amide bonds. The van der Waals surface area contributed by atoms with E-state index in [9.17, 15) is 15.2 Å². The summed E-state index contributed by atoms with van der Waals surface area (Å²) in [7, 11) is 0. The normalized spacial score (nSPS) is 18.9. The Morgan fingerprint density at radius 3 is 2.76 bits per heavy atom. The monoisotopic (exact) mass is 580 g/mol. The van der Waals surface area contributed by atoms with E-state index in [1.165, 1.54) is 5.57 Å². The van der Waals surface area contributed by atoms with Crippen molar-refractivity contribution in [3.05, 3.63) is 82.0 Å². The van der Waals surface area contributed by atoms with Gasteiger partial charge in [-0.15, -0.1) is 0 Å². The number of nitrogens with zero attached hydrogens (tertiary/aromatic N) is 4. The molecule has 4 aromatic rings. The minimum Gasteiger partial charge on any atom is -0.481 e. The number of hydrogen-bond acceptors (Lipinski definition) is 8. The van der Waals surface area contributed by atoms with Gasteiger partial charge in [-0.1, -0.05) is 35.9 Å². The van der Waals surface area contributed by atoms with Crippen molar-refractivity contribution < 1.29 is 14.3 Å². The number of hydrazine groups is 1. The molecule has 3 aliphatic heterocycles. The average molecular weight is 581 g/mol. The van der Waals surface area contributed by atoms with Crippen LogP contribution in [0.2, 0.25) is 5.02 Å². The number of carboxylic acids is 1.